The van der Waals surface area contributed by atoms with E-state index in [-0.39, 0.29) is 5.41 Å². The third-order valence-corrected chi connectivity index (χ3v) is 4.89. The molecule has 0 unspecified atom stereocenters. The highest BCUT2D eigenvalue weighted by molar-refractivity contribution is 7.90. The van der Waals surface area contributed by atoms with Crippen LogP contribution in [-0.4, -0.2) is 33.4 Å². The van der Waals surface area contributed by atoms with Crippen LogP contribution in [0.2, 0.25) is 0 Å². The first-order valence-electron chi connectivity index (χ1n) is 5.84. The maximum absolute atomic E-state index is 11.4. The van der Waals surface area contributed by atoms with Crippen molar-refractivity contribution in [3.63, 3.8) is 0 Å². The Kier molecular flexibility index (Phi) is 3.04. The predicted molar refractivity (Wildman–Crippen MR) is 70.3 cm³/mol. The number of sulfone groups is 1. The number of ether oxygens (including phenoxy) is 1. The minimum Gasteiger partial charge on any atom is -0.379 e. The third-order valence-electron chi connectivity index (χ3n) is 3.77. The lowest BCUT2D eigenvalue weighted by Gasteiger charge is -2.51. The fourth-order valence-corrected chi connectivity index (χ4v) is 2.87. The lowest BCUT2D eigenvalue weighted by Crippen LogP contribution is -2.64. The number of rotatable bonds is 3. The number of benzene rings is 1. The van der Waals surface area contributed by atoms with Gasteiger partial charge in [0.05, 0.1) is 23.5 Å². The zero-order chi connectivity index (χ0) is 13.6. The lowest BCUT2D eigenvalue weighted by molar-refractivity contribution is -0.0919. The molecular weight excluding hydrogens is 250 g/mol. The number of hydrogen-bond acceptors (Lipinski definition) is 4. The smallest absolute Gasteiger partial charge is 0.175 e. The van der Waals surface area contributed by atoms with Crippen LogP contribution in [0.4, 0.5) is 0 Å². The van der Waals surface area contributed by atoms with Crippen molar-refractivity contribution in [1.29, 1.82) is 0 Å². The zero-order valence-corrected chi connectivity index (χ0v) is 11.8. The standard InChI is InChI=1S/C13H19NO3S/c1-12(2,14)13(8-17-9-13)10-4-6-11(7-5-10)18(3,15)16/h4-7H,8-9,14H2,1-3H3. The van der Waals surface area contributed by atoms with E-state index in [0.29, 0.717) is 18.1 Å². The van der Waals surface area contributed by atoms with Crippen LogP contribution in [0.5, 0.6) is 0 Å². The van der Waals surface area contributed by atoms with Gasteiger partial charge < -0.3 is 10.5 Å². The highest BCUT2D eigenvalue weighted by Gasteiger charge is 2.50. The molecule has 100 valence electrons. The summed E-state index contributed by atoms with van der Waals surface area (Å²) in [5.74, 6) is 0. The molecule has 1 fully saturated rings. The van der Waals surface area contributed by atoms with Gasteiger partial charge >= 0.3 is 0 Å². The molecule has 1 aliphatic rings. The largest absolute Gasteiger partial charge is 0.379 e. The van der Waals surface area contributed by atoms with Gasteiger partial charge in [0, 0.05) is 11.8 Å². The SMILES string of the molecule is CC(C)(N)C1(c2ccc(S(C)(=O)=O)cc2)COC1. The van der Waals surface area contributed by atoms with Crippen molar-refractivity contribution >= 4 is 9.84 Å². The van der Waals surface area contributed by atoms with Crippen molar-refractivity contribution in [1.82, 2.24) is 0 Å². The summed E-state index contributed by atoms with van der Waals surface area (Å²) in [6.45, 7) is 5.10. The van der Waals surface area contributed by atoms with E-state index in [4.69, 9.17) is 10.5 Å². The number of hydrogen-bond donors (Lipinski definition) is 1. The van der Waals surface area contributed by atoms with Crippen LogP contribution in [0.15, 0.2) is 29.2 Å². The first-order chi connectivity index (χ1) is 8.17. The van der Waals surface area contributed by atoms with E-state index in [1.54, 1.807) is 12.1 Å². The highest BCUT2D eigenvalue weighted by atomic mass is 32.2. The van der Waals surface area contributed by atoms with E-state index in [9.17, 15) is 8.42 Å². The van der Waals surface area contributed by atoms with Crippen molar-refractivity contribution in [2.45, 2.75) is 29.7 Å². The van der Waals surface area contributed by atoms with E-state index in [1.165, 1.54) is 6.26 Å². The van der Waals surface area contributed by atoms with Crippen LogP contribution in [0.25, 0.3) is 0 Å². The van der Waals surface area contributed by atoms with E-state index < -0.39 is 15.4 Å². The Morgan fingerprint density at radius 3 is 2.00 bits per heavy atom. The third kappa shape index (κ3) is 2.06. The summed E-state index contributed by atoms with van der Waals surface area (Å²) < 4.78 is 28.2. The van der Waals surface area contributed by atoms with Crippen molar-refractivity contribution in [3.05, 3.63) is 29.8 Å². The van der Waals surface area contributed by atoms with Crippen molar-refractivity contribution in [2.75, 3.05) is 19.5 Å². The van der Waals surface area contributed by atoms with Crippen LogP contribution in [-0.2, 0) is 20.0 Å². The van der Waals surface area contributed by atoms with Crippen molar-refractivity contribution in [3.8, 4) is 0 Å². The summed E-state index contributed by atoms with van der Waals surface area (Å²) in [6, 6.07) is 6.95. The van der Waals surface area contributed by atoms with Gasteiger partial charge in [-0.3, -0.25) is 0 Å². The Bertz CT molecular complexity index is 537. The molecule has 0 aliphatic carbocycles. The minimum atomic E-state index is -3.15. The van der Waals surface area contributed by atoms with Gasteiger partial charge in [0.25, 0.3) is 0 Å². The Hall–Kier alpha value is -0.910. The molecule has 18 heavy (non-hydrogen) atoms. The Labute approximate surface area is 108 Å². The monoisotopic (exact) mass is 269 g/mol. The molecule has 0 aromatic heterocycles. The molecule has 1 aromatic carbocycles. The average Bonchev–Trinajstić information content (AvgIpc) is 2.12. The number of nitrogens with two attached hydrogens (primary N) is 1. The molecule has 1 heterocycles. The summed E-state index contributed by atoms with van der Waals surface area (Å²) in [5, 5.41) is 0. The molecule has 0 radical (unpaired) electrons. The molecule has 2 N–H and O–H groups in total. The molecule has 2 rings (SSSR count). The second kappa shape index (κ2) is 4.05. The normalized spacial score (nSPS) is 19.3. The quantitative estimate of drug-likeness (QED) is 0.892. The zero-order valence-electron chi connectivity index (χ0n) is 10.9. The molecule has 5 heteroatoms. The Morgan fingerprint density at radius 1 is 1.22 bits per heavy atom. The lowest BCUT2D eigenvalue weighted by atomic mass is 9.66. The van der Waals surface area contributed by atoms with Gasteiger partial charge in [-0.25, -0.2) is 8.42 Å². The van der Waals surface area contributed by atoms with Gasteiger partial charge in [-0.2, -0.15) is 0 Å². The molecule has 1 aliphatic heterocycles. The average molecular weight is 269 g/mol. The van der Waals surface area contributed by atoms with E-state index in [1.807, 2.05) is 26.0 Å². The molecule has 1 aromatic rings. The second-order valence-electron chi connectivity index (χ2n) is 5.59. The summed E-state index contributed by atoms with van der Waals surface area (Å²) in [7, 11) is -3.15. The molecule has 0 bridgehead atoms. The van der Waals surface area contributed by atoms with Crippen LogP contribution < -0.4 is 5.73 Å². The van der Waals surface area contributed by atoms with Crippen LogP contribution in [0.1, 0.15) is 19.4 Å². The van der Waals surface area contributed by atoms with Gasteiger partial charge in [0.2, 0.25) is 0 Å². The minimum absolute atomic E-state index is 0.219. The summed E-state index contributed by atoms with van der Waals surface area (Å²) >= 11 is 0. The van der Waals surface area contributed by atoms with E-state index >= 15 is 0 Å². The molecule has 0 atom stereocenters. The van der Waals surface area contributed by atoms with E-state index in [2.05, 4.69) is 0 Å². The maximum Gasteiger partial charge on any atom is 0.175 e. The summed E-state index contributed by atoms with van der Waals surface area (Å²) in [4.78, 5) is 0.330. The summed E-state index contributed by atoms with van der Waals surface area (Å²) in [5.41, 5.74) is 6.65. The topological polar surface area (TPSA) is 69.4 Å². The molecule has 0 saturated carbocycles. The Balaban J connectivity index is 2.41. The van der Waals surface area contributed by atoms with Crippen LogP contribution in [0.3, 0.4) is 0 Å². The Morgan fingerprint density at radius 2 is 1.72 bits per heavy atom. The molecule has 0 amide bonds. The predicted octanol–water partition coefficient (Wildman–Crippen LogP) is 1.10. The van der Waals surface area contributed by atoms with E-state index in [0.717, 1.165) is 5.56 Å². The van der Waals surface area contributed by atoms with Gasteiger partial charge in [-0.15, -0.1) is 0 Å². The molecule has 4 nitrogen and oxygen atoms in total. The van der Waals surface area contributed by atoms with Gasteiger partial charge in [-0.1, -0.05) is 12.1 Å². The van der Waals surface area contributed by atoms with Gasteiger partial charge in [0.1, 0.15) is 0 Å². The van der Waals surface area contributed by atoms with Gasteiger partial charge in [0.15, 0.2) is 9.84 Å². The van der Waals surface area contributed by atoms with Crippen LogP contribution >= 0.6 is 0 Å². The second-order valence-corrected chi connectivity index (χ2v) is 7.61. The first-order valence-corrected chi connectivity index (χ1v) is 7.73. The fraction of sp³-hybridized carbons (Fsp3) is 0.538. The molecule has 1 saturated heterocycles. The summed E-state index contributed by atoms with van der Waals surface area (Å²) in [6.07, 6.45) is 1.21. The molecule has 0 spiro atoms. The first kappa shape index (κ1) is 13.5. The fourth-order valence-electron chi connectivity index (χ4n) is 2.24. The van der Waals surface area contributed by atoms with Crippen molar-refractivity contribution in [2.24, 2.45) is 5.73 Å². The molecular formula is C13H19NO3S. The highest BCUT2D eigenvalue weighted by Crippen LogP contribution is 2.40. The van der Waals surface area contributed by atoms with Crippen LogP contribution in [0, 0.1) is 0 Å². The maximum atomic E-state index is 11.4. The van der Waals surface area contributed by atoms with Gasteiger partial charge in [-0.05, 0) is 31.5 Å². The van der Waals surface area contributed by atoms with Crippen molar-refractivity contribution < 1.29 is 13.2 Å².